The van der Waals surface area contributed by atoms with E-state index in [1.165, 1.54) is 11.5 Å². The van der Waals surface area contributed by atoms with E-state index in [2.05, 4.69) is 35.0 Å². The van der Waals surface area contributed by atoms with E-state index in [-0.39, 0.29) is 0 Å². The van der Waals surface area contributed by atoms with Gasteiger partial charge in [0.15, 0.2) is 0 Å². The van der Waals surface area contributed by atoms with Crippen molar-refractivity contribution in [1.29, 1.82) is 0 Å². The zero-order valence-corrected chi connectivity index (χ0v) is 13.2. The van der Waals surface area contributed by atoms with Gasteiger partial charge in [-0.2, -0.15) is 4.37 Å². The Hall–Kier alpha value is -1.17. The zero-order valence-electron chi connectivity index (χ0n) is 12.4. The van der Waals surface area contributed by atoms with E-state index in [1.54, 1.807) is 0 Å². The van der Waals surface area contributed by atoms with E-state index in [1.807, 2.05) is 0 Å². The molecule has 1 N–H and O–H groups in total. The maximum Gasteiger partial charge on any atom is 0.309 e. The summed E-state index contributed by atoms with van der Waals surface area (Å²) in [6, 6.07) is 0. The minimum atomic E-state index is -0.640. The molecule has 20 heavy (non-hydrogen) atoms. The number of hydrogen-bond donors (Lipinski definition) is 1. The van der Waals surface area contributed by atoms with Gasteiger partial charge in [-0.3, -0.25) is 4.79 Å². The molecule has 0 aromatic carbocycles. The molecule has 0 saturated carbocycles. The summed E-state index contributed by atoms with van der Waals surface area (Å²) in [5, 5.41) is 10.4. The second-order valence-electron chi connectivity index (χ2n) is 5.91. The molecule has 2 heterocycles. The molecular weight excluding hydrogens is 274 g/mol. The van der Waals surface area contributed by atoms with E-state index >= 15 is 0 Å². The van der Waals surface area contributed by atoms with E-state index in [0.29, 0.717) is 18.8 Å². The lowest BCUT2D eigenvalue weighted by atomic mass is 9.75. The van der Waals surface area contributed by atoms with Crippen LogP contribution in [0.4, 0.5) is 5.13 Å². The van der Waals surface area contributed by atoms with Crippen LogP contribution < -0.4 is 4.90 Å². The number of rotatable bonds is 5. The molecule has 1 aromatic rings. The van der Waals surface area contributed by atoms with Gasteiger partial charge >= 0.3 is 5.97 Å². The van der Waals surface area contributed by atoms with Crippen molar-refractivity contribution in [2.45, 2.75) is 52.4 Å². The van der Waals surface area contributed by atoms with Crippen molar-refractivity contribution in [3.63, 3.8) is 0 Å². The highest BCUT2D eigenvalue weighted by Gasteiger charge is 2.41. The van der Waals surface area contributed by atoms with Crippen LogP contribution in [0, 0.1) is 5.41 Å². The highest BCUT2D eigenvalue weighted by atomic mass is 32.1. The largest absolute Gasteiger partial charge is 0.481 e. The van der Waals surface area contributed by atoms with Gasteiger partial charge in [0, 0.05) is 30.5 Å². The van der Waals surface area contributed by atoms with Crippen LogP contribution >= 0.6 is 11.5 Å². The lowest BCUT2D eigenvalue weighted by Gasteiger charge is -2.38. The third-order valence-electron chi connectivity index (χ3n) is 4.12. The molecule has 0 amide bonds. The third-order valence-corrected chi connectivity index (χ3v) is 4.91. The summed E-state index contributed by atoms with van der Waals surface area (Å²) in [6.07, 6.45) is 3.09. The number of hydrogen-bond acceptors (Lipinski definition) is 5. The van der Waals surface area contributed by atoms with Crippen LogP contribution in [0.5, 0.6) is 0 Å². The van der Waals surface area contributed by atoms with Crippen molar-refractivity contribution in [1.82, 2.24) is 9.36 Å². The predicted molar refractivity (Wildman–Crippen MR) is 80.4 cm³/mol. The molecule has 0 unspecified atom stereocenters. The van der Waals surface area contributed by atoms with Crippen molar-refractivity contribution in [3.05, 3.63) is 5.82 Å². The number of aliphatic carboxylic acids is 1. The van der Waals surface area contributed by atoms with Crippen LogP contribution in [-0.4, -0.2) is 33.5 Å². The quantitative estimate of drug-likeness (QED) is 0.904. The number of piperidine rings is 1. The number of carboxylic acid groups (broad SMARTS) is 1. The molecule has 0 radical (unpaired) electrons. The molecule has 0 aliphatic carbocycles. The predicted octanol–water partition coefficient (Wildman–Crippen LogP) is 3.13. The second kappa shape index (κ2) is 6.08. The van der Waals surface area contributed by atoms with Crippen molar-refractivity contribution in [3.8, 4) is 0 Å². The highest BCUT2D eigenvalue weighted by Crippen LogP contribution is 2.38. The zero-order chi connectivity index (χ0) is 14.8. The summed E-state index contributed by atoms with van der Waals surface area (Å²) < 4.78 is 4.37. The van der Waals surface area contributed by atoms with E-state index < -0.39 is 11.4 Å². The molecular formula is C14H23N3O2S. The normalized spacial score (nSPS) is 18.5. The van der Waals surface area contributed by atoms with Gasteiger partial charge in [0.05, 0.1) is 5.41 Å². The summed E-state index contributed by atoms with van der Waals surface area (Å²) in [4.78, 5) is 18.3. The summed E-state index contributed by atoms with van der Waals surface area (Å²) >= 11 is 1.42. The Balaban J connectivity index is 2.04. The summed E-state index contributed by atoms with van der Waals surface area (Å²) in [5.41, 5.74) is -0.531. The molecule has 0 atom stereocenters. The standard InChI is InChI=1S/C14H23N3O2S/c1-4-5-14(12(18)19)6-8-17(9-7-14)13-15-11(10(2)3)16-20-13/h10H,4-9H2,1-3H3,(H,18,19). The Morgan fingerprint density at radius 1 is 1.45 bits per heavy atom. The Bertz CT molecular complexity index is 465. The third kappa shape index (κ3) is 2.95. The first-order valence-electron chi connectivity index (χ1n) is 7.30. The maximum atomic E-state index is 11.6. The number of nitrogens with zero attached hydrogens (tertiary/aromatic N) is 3. The van der Waals surface area contributed by atoms with Gasteiger partial charge in [0.25, 0.3) is 0 Å². The van der Waals surface area contributed by atoms with Crippen LogP contribution in [0.15, 0.2) is 0 Å². The first-order valence-corrected chi connectivity index (χ1v) is 8.08. The van der Waals surface area contributed by atoms with Crippen molar-refractivity contribution in [2.24, 2.45) is 5.41 Å². The molecule has 1 aliphatic heterocycles. The Kier molecular flexibility index (Phi) is 4.62. The summed E-state index contributed by atoms with van der Waals surface area (Å²) in [6.45, 7) is 7.74. The van der Waals surface area contributed by atoms with Crippen LogP contribution in [0.25, 0.3) is 0 Å². The molecule has 0 spiro atoms. The van der Waals surface area contributed by atoms with Gasteiger partial charge in [-0.05, 0) is 19.3 Å². The summed E-state index contributed by atoms with van der Waals surface area (Å²) in [5.74, 6) is 0.579. The minimum Gasteiger partial charge on any atom is -0.481 e. The Morgan fingerprint density at radius 3 is 2.55 bits per heavy atom. The lowest BCUT2D eigenvalue weighted by molar-refractivity contribution is -0.150. The molecule has 6 heteroatoms. The topological polar surface area (TPSA) is 66.3 Å². The van der Waals surface area contributed by atoms with Crippen molar-refractivity contribution >= 4 is 22.6 Å². The fourth-order valence-corrected chi connectivity index (χ4v) is 3.62. The van der Waals surface area contributed by atoms with E-state index in [9.17, 15) is 9.90 Å². The lowest BCUT2D eigenvalue weighted by Crippen LogP contribution is -2.44. The first kappa shape index (κ1) is 15.2. The highest BCUT2D eigenvalue weighted by molar-refractivity contribution is 7.09. The van der Waals surface area contributed by atoms with Crippen LogP contribution in [0.3, 0.4) is 0 Å². The first-order chi connectivity index (χ1) is 9.48. The molecule has 1 fully saturated rings. The molecule has 5 nitrogen and oxygen atoms in total. The fraction of sp³-hybridized carbons (Fsp3) is 0.786. The molecule has 0 bridgehead atoms. The van der Waals surface area contributed by atoms with Gasteiger partial charge in [0.2, 0.25) is 5.13 Å². The Labute approximate surface area is 124 Å². The molecule has 1 aromatic heterocycles. The van der Waals surface area contributed by atoms with Gasteiger partial charge in [0.1, 0.15) is 5.82 Å². The molecule has 1 aliphatic rings. The number of anilines is 1. The molecule has 1 saturated heterocycles. The van der Waals surface area contributed by atoms with E-state index in [0.717, 1.165) is 36.9 Å². The number of aromatic nitrogens is 2. The monoisotopic (exact) mass is 297 g/mol. The van der Waals surface area contributed by atoms with Crippen LogP contribution in [0.1, 0.15) is 58.2 Å². The van der Waals surface area contributed by atoms with Crippen molar-refractivity contribution in [2.75, 3.05) is 18.0 Å². The Morgan fingerprint density at radius 2 is 2.10 bits per heavy atom. The number of carboxylic acids is 1. The number of carbonyl (C=O) groups is 1. The van der Waals surface area contributed by atoms with Crippen LogP contribution in [0.2, 0.25) is 0 Å². The van der Waals surface area contributed by atoms with Gasteiger partial charge < -0.3 is 10.0 Å². The van der Waals surface area contributed by atoms with Gasteiger partial charge in [-0.25, -0.2) is 4.98 Å². The van der Waals surface area contributed by atoms with Crippen LogP contribution in [-0.2, 0) is 4.79 Å². The average molecular weight is 297 g/mol. The smallest absolute Gasteiger partial charge is 0.309 e. The SMILES string of the molecule is CCCC1(C(=O)O)CCN(c2nc(C(C)C)ns2)CC1. The fourth-order valence-electron chi connectivity index (χ4n) is 2.76. The van der Waals surface area contributed by atoms with E-state index in [4.69, 9.17) is 0 Å². The van der Waals surface area contributed by atoms with Gasteiger partial charge in [-0.15, -0.1) is 0 Å². The average Bonchev–Trinajstić information content (AvgIpc) is 2.89. The van der Waals surface area contributed by atoms with Gasteiger partial charge in [-0.1, -0.05) is 27.2 Å². The molecule has 2 rings (SSSR count). The minimum absolute atomic E-state index is 0.336. The second-order valence-corrected chi connectivity index (χ2v) is 6.64. The summed E-state index contributed by atoms with van der Waals surface area (Å²) in [7, 11) is 0. The molecule has 112 valence electrons. The maximum absolute atomic E-state index is 11.6. The van der Waals surface area contributed by atoms with Crippen molar-refractivity contribution < 1.29 is 9.90 Å².